The van der Waals surface area contributed by atoms with E-state index in [2.05, 4.69) is 22.0 Å². The molecule has 1 aliphatic rings. The van der Waals surface area contributed by atoms with Gasteiger partial charge in [-0.25, -0.2) is 5.43 Å². The molecule has 1 aromatic heterocycles. The fourth-order valence-electron chi connectivity index (χ4n) is 4.22. The highest BCUT2D eigenvalue weighted by Gasteiger charge is 2.39. The molecule has 1 aliphatic heterocycles. The van der Waals surface area contributed by atoms with E-state index >= 15 is 0 Å². The summed E-state index contributed by atoms with van der Waals surface area (Å²) in [4.78, 5) is 34.5. The van der Waals surface area contributed by atoms with Gasteiger partial charge in [0.1, 0.15) is 5.75 Å². The molecular formula is C29H30N4O5. The molecule has 0 amide bonds. The zero-order valence-corrected chi connectivity index (χ0v) is 22.0. The molecule has 9 nitrogen and oxygen atoms in total. The summed E-state index contributed by atoms with van der Waals surface area (Å²) in [5.41, 5.74) is 12.4. The number of benzene rings is 3. The molecule has 38 heavy (non-hydrogen) atoms. The van der Waals surface area contributed by atoms with E-state index < -0.39 is 5.85 Å². The number of aromatic nitrogens is 1. The average Bonchev–Trinajstić information content (AvgIpc) is 3.47. The number of carbonyl (C=O) groups excluding carboxylic acids is 3. The van der Waals surface area contributed by atoms with Gasteiger partial charge in [0, 0.05) is 52.0 Å². The van der Waals surface area contributed by atoms with Crippen molar-refractivity contribution in [3.63, 3.8) is 0 Å². The quantitative estimate of drug-likeness (QED) is 0.365. The standard InChI is InChI=1S/C18H17NO2.C11H13N3O3/c1-4-19-17-7-5-13(11(2)20)9-15(17)16-10-14(12(3)21)6-8-18(16)19;1-7(15)11(12)14-13-10(17-11)8-3-5-9(16-2)6-4-8/h5-10H,4H2,1-3H3;3-6,14H,12H2,1-2H3. The first-order valence-corrected chi connectivity index (χ1v) is 12.1. The molecule has 1 unspecified atom stereocenters. The van der Waals surface area contributed by atoms with E-state index in [1.54, 1.807) is 45.2 Å². The Kier molecular flexibility index (Phi) is 7.32. The van der Waals surface area contributed by atoms with E-state index in [1.165, 1.54) is 6.92 Å². The lowest BCUT2D eigenvalue weighted by Gasteiger charge is -2.19. The highest BCUT2D eigenvalue weighted by molar-refractivity contribution is 6.12. The van der Waals surface area contributed by atoms with Crippen molar-refractivity contribution >= 4 is 45.1 Å². The van der Waals surface area contributed by atoms with Crippen molar-refractivity contribution in [2.24, 2.45) is 10.8 Å². The van der Waals surface area contributed by atoms with E-state index in [9.17, 15) is 14.4 Å². The predicted octanol–water partition coefficient (Wildman–Crippen LogP) is 4.40. The van der Waals surface area contributed by atoms with Gasteiger partial charge in [-0.15, -0.1) is 5.10 Å². The lowest BCUT2D eigenvalue weighted by molar-refractivity contribution is -0.133. The van der Waals surface area contributed by atoms with Gasteiger partial charge in [0.15, 0.2) is 11.6 Å². The van der Waals surface area contributed by atoms with Crippen molar-refractivity contribution in [3.05, 3.63) is 77.4 Å². The molecule has 0 radical (unpaired) electrons. The molecule has 5 rings (SSSR count). The lowest BCUT2D eigenvalue weighted by Crippen LogP contribution is -2.56. The summed E-state index contributed by atoms with van der Waals surface area (Å²) in [6.07, 6.45) is 0. The van der Waals surface area contributed by atoms with Gasteiger partial charge in [-0.1, -0.05) is 0 Å². The third-order valence-electron chi connectivity index (χ3n) is 6.44. The minimum absolute atomic E-state index is 0.0528. The number of carbonyl (C=O) groups is 3. The maximum atomic E-state index is 11.6. The molecule has 0 saturated carbocycles. The van der Waals surface area contributed by atoms with E-state index in [0.29, 0.717) is 16.7 Å². The Morgan fingerprint density at radius 2 is 1.45 bits per heavy atom. The molecule has 4 aromatic rings. The van der Waals surface area contributed by atoms with Gasteiger partial charge in [0.05, 0.1) is 7.11 Å². The zero-order chi connectivity index (χ0) is 27.6. The third kappa shape index (κ3) is 5.01. The molecule has 0 saturated heterocycles. The minimum atomic E-state index is -1.56. The van der Waals surface area contributed by atoms with Gasteiger partial charge >= 0.3 is 5.85 Å². The summed E-state index contributed by atoms with van der Waals surface area (Å²) in [6.45, 7) is 7.41. The Hall–Kier alpha value is -4.50. The SMILES string of the molecule is CCn1c2ccc(C(C)=O)cc2c2cc(C(C)=O)ccc21.COc1ccc(C2=NNC(N)(C(C)=O)O2)cc1. The van der Waals surface area contributed by atoms with Crippen LogP contribution in [0, 0.1) is 0 Å². The maximum Gasteiger partial charge on any atom is 0.312 e. The van der Waals surface area contributed by atoms with Crippen LogP contribution in [0.15, 0.2) is 65.8 Å². The number of rotatable bonds is 6. The second-order valence-electron chi connectivity index (χ2n) is 8.97. The number of Topliss-reactive ketones (excluding diaryl/α,β-unsaturated/α-hetero) is 3. The van der Waals surface area contributed by atoms with Crippen LogP contribution in [0.5, 0.6) is 5.75 Å². The second kappa shape index (κ2) is 10.5. The van der Waals surface area contributed by atoms with Crippen LogP contribution in [0.2, 0.25) is 0 Å². The number of nitrogens with zero attached hydrogens (tertiary/aromatic N) is 2. The van der Waals surface area contributed by atoms with Crippen molar-refractivity contribution < 1.29 is 23.9 Å². The summed E-state index contributed by atoms with van der Waals surface area (Å²) in [5.74, 6) is -0.787. The van der Waals surface area contributed by atoms with E-state index in [-0.39, 0.29) is 23.2 Å². The minimum Gasteiger partial charge on any atom is -0.497 e. The number of ether oxygens (including phenoxy) is 2. The normalized spacial score (nSPS) is 16.2. The summed E-state index contributed by atoms with van der Waals surface area (Å²) >= 11 is 0. The Morgan fingerprint density at radius 3 is 1.84 bits per heavy atom. The number of ketones is 3. The number of hydrazone groups is 1. The molecule has 1 atom stereocenters. The summed E-state index contributed by atoms with van der Waals surface area (Å²) in [5, 5.41) is 5.95. The van der Waals surface area contributed by atoms with Crippen molar-refractivity contribution in [3.8, 4) is 5.75 Å². The highest BCUT2D eigenvalue weighted by atomic mass is 16.6. The Morgan fingerprint density at radius 1 is 0.921 bits per heavy atom. The molecule has 9 heteroatoms. The van der Waals surface area contributed by atoms with E-state index in [0.717, 1.165) is 34.1 Å². The van der Waals surface area contributed by atoms with Gasteiger partial charge in [-0.05, 0) is 81.4 Å². The molecule has 3 aromatic carbocycles. The fraction of sp³-hybridized carbons (Fsp3) is 0.241. The summed E-state index contributed by atoms with van der Waals surface area (Å²) in [7, 11) is 1.58. The second-order valence-corrected chi connectivity index (χ2v) is 8.97. The highest BCUT2D eigenvalue weighted by Crippen LogP contribution is 2.31. The average molecular weight is 515 g/mol. The van der Waals surface area contributed by atoms with Crippen LogP contribution in [0.4, 0.5) is 0 Å². The van der Waals surface area contributed by atoms with Gasteiger partial charge in [0.2, 0.25) is 11.7 Å². The lowest BCUT2D eigenvalue weighted by atomic mass is 10.0. The molecule has 0 fully saturated rings. The van der Waals surface area contributed by atoms with Gasteiger partial charge in [0.25, 0.3) is 0 Å². The van der Waals surface area contributed by atoms with Crippen molar-refractivity contribution in [2.75, 3.05) is 7.11 Å². The molecule has 3 N–H and O–H groups in total. The van der Waals surface area contributed by atoms with E-state index in [4.69, 9.17) is 15.2 Å². The molecule has 196 valence electrons. The molecule has 0 spiro atoms. The molecule has 0 bridgehead atoms. The van der Waals surface area contributed by atoms with Gasteiger partial charge in [-0.2, -0.15) is 0 Å². The van der Waals surface area contributed by atoms with Crippen molar-refractivity contribution in [2.45, 2.75) is 40.1 Å². The van der Waals surface area contributed by atoms with Gasteiger partial charge in [-0.3, -0.25) is 20.1 Å². The van der Waals surface area contributed by atoms with Crippen LogP contribution in [-0.2, 0) is 16.1 Å². The number of hydrogen-bond donors (Lipinski definition) is 2. The first-order chi connectivity index (χ1) is 18.1. The summed E-state index contributed by atoms with van der Waals surface area (Å²) < 4.78 is 12.5. The molecule has 2 heterocycles. The van der Waals surface area contributed by atoms with Crippen LogP contribution < -0.4 is 15.9 Å². The Bertz CT molecular complexity index is 1520. The van der Waals surface area contributed by atoms with Crippen molar-refractivity contribution in [1.82, 2.24) is 9.99 Å². The van der Waals surface area contributed by atoms with Crippen LogP contribution in [0.25, 0.3) is 21.8 Å². The molecule has 0 aliphatic carbocycles. The Labute approximate surface area is 220 Å². The first kappa shape index (κ1) is 26.6. The predicted molar refractivity (Wildman–Crippen MR) is 146 cm³/mol. The topological polar surface area (TPSA) is 125 Å². The maximum absolute atomic E-state index is 11.6. The number of hydrogen-bond acceptors (Lipinski definition) is 8. The number of fused-ring (bicyclic) bond motifs is 3. The Balaban J connectivity index is 0.000000181. The van der Waals surface area contributed by atoms with Crippen LogP contribution in [-0.4, -0.2) is 40.8 Å². The molecular weight excluding hydrogens is 484 g/mol. The van der Waals surface area contributed by atoms with Crippen LogP contribution in [0.3, 0.4) is 0 Å². The first-order valence-electron chi connectivity index (χ1n) is 12.1. The summed E-state index contributed by atoms with van der Waals surface area (Å²) in [6, 6.07) is 18.6. The number of nitrogens with one attached hydrogen (secondary N) is 1. The monoisotopic (exact) mass is 514 g/mol. The van der Waals surface area contributed by atoms with Crippen LogP contribution >= 0.6 is 0 Å². The van der Waals surface area contributed by atoms with Crippen molar-refractivity contribution in [1.29, 1.82) is 0 Å². The van der Waals surface area contributed by atoms with E-state index in [1.807, 2.05) is 36.4 Å². The number of nitrogens with two attached hydrogens (primary N) is 1. The largest absolute Gasteiger partial charge is 0.497 e. The van der Waals surface area contributed by atoms with Crippen LogP contribution in [0.1, 0.15) is 54.0 Å². The third-order valence-corrected chi connectivity index (χ3v) is 6.44. The fourth-order valence-corrected chi connectivity index (χ4v) is 4.22. The van der Waals surface area contributed by atoms with Gasteiger partial charge < -0.3 is 14.0 Å². The smallest absolute Gasteiger partial charge is 0.312 e. The number of methoxy groups -OCH3 is 1. The number of aryl methyl sites for hydroxylation is 1. The zero-order valence-electron chi connectivity index (χ0n) is 22.0.